The molecule has 4 nitrogen and oxygen atoms in total. The number of nitrogens with two attached hydrogens (primary N) is 1. The molecule has 0 fully saturated rings. The van der Waals surface area contributed by atoms with E-state index in [0.717, 1.165) is 11.4 Å². The second kappa shape index (κ2) is 2.38. The molecule has 0 aliphatic carbocycles. The van der Waals surface area contributed by atoms with Crippen molar-refractivity contribution >= 4 is 6.03 Å². The lowest BCUT2D eigenvalue weighted by molar-refractivity contribution is 0.249. The van der Waals surface area contributed by atoms with Gasteiger partial charge in [0.1, 0.15) is 5.82 Å². The summed E-state index contributed by atoms with van der Waals surface area (Å²) in [6, 6.07) is -0.472. The van der Waals surface area contributed by atoms with Crippen molar-refractivity contribution in [3.05, 3.63) is 17.2 Å². The smallest absolute Gasteiger partial charge is 0.324 e. The molecular weight excluding hydrogens is 142 g/mol. The molecule has 0 unspecified atom stereocenters. The quantitative estimate of drug-likeness (QED) is 0.597. The Kier molecular flexibility index (Phi) is 1.68. The molecule has 60 valence electrons. The van der Waals surface area contributed by atoms with Gasteiger partial charge in [0.2, 0.25) is 0 Å². The van der Waals surface area contributed by atoms with E-state index >= 15 is 0 Å². The van der Waals surface area contributed by atoms with E-state index in [4.69, 9.17) is 5.73 Å². The van der Waals surface area contributed by atoms with Gasteiger partial charge in [-0.15, -0.1) is 0 Å². The molecule has 1 rings (SSSR count). The summed E-state index contributed by atoms with van der Waals surface area (Å²) in [5.74, 6) is 0.646. The Morgan fingerprint density at radius 3 is 2.18 bits per heavy atom. The Bertz CT molecular complexity index is 301. The fourth-order valence-corrected chi connectivity index (χ4v) is 1.10. The van der Waals surface area contributed by atoms with Gasteiger partial charge in [0.25, 0.3) is 0 Å². The van der Waals surface area contributed by atoms with E-state index in [-0.39, 0.29) is 0 Å². The highest BCUT2D eigenvalue weighted by molar-refractivity contribution is 5.76. The summed E-state index contributed by atoms with van der Waals surface area (Å²) in [4.78, 5) is 14.9. The zero-order valence-electron chi connectivity index (χ0n) is 6.88. The van der Waals surface area contributed by atoms with Crippen LogP contribution in [0.5, 0.6) is 0 Å². The first-order valence-corrected chi connectivity index (χ1v) is 3.36. The zero-order chi connectivity index (χ0) is 8.59. The molecule has 0 radical (unpaired) electrons. The summed E-state index contributed by atoms with van der Waals surface area (Å²) in [5, 5.41) is 0. The minimum atomic E-state index is -0.472. The first-order valence-electron chi connectivity index (χ1n) is 3.36. The molecule has 11 heavy (non-hydrogen) atoms. The van der Waals surface area contributed by atoms with E-state index in [1.165, 1.54) is 4.57 Å². The second-order valence-corrected chi connectivity index (χ2v) is 2.50. The molecule has 0 spiro atoms. The number of imidazole rings is 1. The van der Waals surface area contributed by atoms with Gasteiger partial charge >= 0.3 is 6.03 Å². The first kappa shape index (κ1) is 7.78. The van der Waals surface area contributed by atoms with Crippen molar-refractivity contribution in [1.29, 1.82) is 0 Å². The number of hydrogen-bond donors (Lipinski definition) is 1. The molecular formula is C7H11N3O. The maximum absolute atomic E-state index is 10.8. The van der Waals surface area contributed by atoms with Crippen LogP contribution in [-0.4, -0.2) is 15.6 Å². The topological polar surface area (TPSA) is 60.9 Å². The van der Waals surface area contributed by atoms with Crippen LogP contribution in [0, 0.1) is 20.8 Å². The Morgan fingerprint density at radius 2 is 2.00 bits per heavy atom. The van der Waals surface area contributed by atoms with Crippen LogP contribution in [0.3, 0.4) is 0 Å². The van der Waals surface area contributed by atoms with Crippen molar-refractivity contribution in [2.75, 3.05) is 0 Å². The molecule has 1 aromatic rings. The number of aromatic nitrogens is 2. The Balaban J connectivity index is 3.34. The molecule has 1 amide bonds. The number of carbonyl (C=O) groups excluding carboxylic acids is 1. The van der Waals surface area contributed by atoms with Crippen molar-refractivity contribution in [3.63, 3.8) is 0 Å². The zero-order valence-corrected chi connectivity index (χ0v) is 6.88. The van der Waals surface area contributed by atoms with Crippen LogP contribution in [0.1, 0.15) is 17.2 Å². The number of primary amides is 1. The van der Waals surface area contributed by atoms with Crippen LogP contribution < -0.4 is 5.73 Å². The van der Waals surface area contributed by atoms with Gasteiger partial charge in [-0.1, -0.05) is 0 Å². The van der Waals surface area contributed by atoms with Gasteiger partial charge in [-0.05, 0) is 20.8 Å². The standard InChI is InChI=1S/C7H11N3O/c1-4-5(2)10(7(8)11)6(3)9-4/h1-3H3,(H2,8,11). The number of nitrogens with zero attached hydrogens (tertiary/aromatic N) is 2. The molecule has 1 aromatic heterocycles. The van der Waals surface area contributed by atoms with Crippen molar-refractivity contribution < 1.29 is 4.79 Å². The highest BCUT2D eigenvalue weighted by atomic mass is 16.2. The number of hydrogen-bond acceptors (Lipinski definition) is 2. The largest absolute Gasteiger partial charge is 0.351 e. The monoisotopic (exact) mass is 153 g/mol. The Labute approximate surface area is 65.0 Å². The van der Waals surface area contributed by atoms with Gasteiger partial charge in [-0.3, -0.25) is 4.57 Å². The molecule has 2 N–H and O–H groups in total. The van der Waals surface area contributed by atoms with E-state index in [2.05, 4.69) is 4.98 Å². The third-order valence-corrected chi connectivity index (χ3v) is 1.73. The maximum Gasteiger partial charge on any atom is 0.324 e. The normalized spacial score (nSPS) is 10.1. The molecule has 0 saturated heterocycles. The summed E-state index contributed by atoms with van der Waals surface area (Å²) >= 11 is 0. The molecule has 0 aliphatic rings. The van der Waals surface area contributed by atoms with Crippen LogP contribution >= 0.6 is 0 Å². The Morgan fingerprint density at radius 1 is 1.45 bits per heavy atom. The lowest BCUT2D eigenvalue weighted by Gasteiger charge is -1.99. The summed E-state index contributed by atoms with van der Waals surface area (Å²) in [6.07, 6.45) is 0. The van der Waals surface area contributed by atoms with Gasteiger partial charge in [0.05, 0.1) is 5.69 Å². The fraction of sp³-hybridized carbons (Fsp3) is 0.429. The van der Waals surface area contributed by atoms with Gasteiger partial charge in [0.15, 0.2) is 0 Å². The van der Waals surface area contributed by atoms with Crippen LogP contribution in [-0.2, 0) is 0 Å². The highest BCUT2D eigenvalue weighted by Gasteiger charge is 2.10. The molecule has 0 aliphatic heterocycles. The number of amides is 1. The molecule has 0 saturated carbocycles. The predicted molar refractivity (Wildman–Crippen MR) is 41.4 cm³/mol. The lowest BCUT2D eigenvalue weighted by Crippen LogP contribution is -2.21. The van der Waals surface area contributed by atoms with E-state index in [9.17, 15) is 4.79 Å². The third-order valence-electron chi connectivity index (χ3n) is 1.73. The number of aryl methyl sites for hydroxylation is 2. The average Bonchev–Trinajstić information content (AvgIpc) is 2.07. The van der Waals surface area contributed by atoms with Crippen LogP contribution in [0.25, 0.3) is 0 Å². The highest BCUT2D eigenvalue weighted by Crippen LogP contribution is 2.07. The van der Waals surface area contributed by atoms with Crippen molar-refractivity contribution in [1.82, 2.24) is 9.55 Å². The minimum absolute atomic E-state index is 0.472. The Hall–Kier alpha value is -1.32. The predicted octanol–water partition coefficient (Wildman–Crippen LogP) is 0.735. The molecule has 1 heterocycles. The van der Waals surface area contributed by atoms with Crippen LogP contribution in [0.15, 0.2) is 0 Å². The van der Waals surface area contributed by atoms with Crippen LogP contribution in [0.4, 0.5) is 4.79 Å². The van der Waals surface area contributed by atoms with E-state index in [0.29, 0.717) is 5.82 Å². The van der Waals surface area contributed by atoms with Gasteiger partial charge in [-0.25, -0.2) is 9.78 Å². The fourth-order valence-electron chi connectivity index (χ4n) is 1.10. The third kappa shape index (κ3) is 1.11. The summed E-state index contributed by atoms with van der Waals surface area (Å²) < 4.78 is 1.40. The van der Waals surface area contributed by atoms with Gasteiger partial charge in [-0.2, -0.15) is 0 Å². The second-order valence-electron chi connectivity index (χ2n) is 2.50. The molecule has 0 bridgehead atoms. The van der Waals surface area contributed by atoms with Crippen molar-refractivity contribution in [3.8, 4) is 0 Å². The van der Waals surface area contributed by atoms with E-state index in [1.807, 2.05) is 13.8 Å². The average molecular weight is 153 g/mol. The summed E-state index contributed by atoms with van der Waals surface area (Å²) in [5.41, 5.74) is 6.78. The van der Waals surface area contributed by atoms with Crippen molar-refractivity contribution in [2.24, 2.45) is 5.73 Å². The summed E-state index contributed by atoms with van der Waals surface area (Å²) in [6.45, 7) is 5.42. The van der Waals surface area contributed by atoms with Gasteiger partial charge < -0.3 is 5.73 Å². The maximum atomic E-state index is 10.8. The molecule has 4 heteroatoms. The van der Waals surface area contributed by atoms with Gasteiger partial charge in [0, 0.05) is 5.69 Å². The lowest BCUT2D eigenvalue weighted by atomic mass is 10.4. The van der Waals surface area contributed by atoms with E-state index in [1.54, 1.807) is 6.92 Å². The van der Waals surface area contributed by atoms with E-state index < -0.39 is 6.03 Å². The molecule has 0 atom stereocenters. The summed E-state index contributed by atoms with van der Waals surface area (Å²) in [7, 11) is 0. The van der Waals surface area contributed by atoms with Crippen molar-refractivity contribution in [2.45, 2.75) is 20.8 Å². The first-order chi connectivity index (χ1) is 5.04. The minimum Gasteiger partial charge on any atom is -0.351 e. The number of rotatable bonds is 0. The molecule has 0 aromatic carbocycles. The van der Waals surface area contributed by atoms with Crippen LogP contribution in [0.2, 0.25) is 0 Å². The number of carbonyl (C=O) groups is 1. The SMILES string of the molecule is Cc1nc(C)n(C(N)=O)c1C.